The third kappa shape index (κ3) is 6.46. The van der Waals surface area contributed by atoms with E-state index in [1.807, 2.05) is 0 Å². The Morgan fingerprint density at radius 1 is 0.270 bits per heavy atom. The Kier molecular flexibility index (Phi) is 8.83. The molecule has 1 aliphatic rings. The molecular weight excluding hydrogens is 765 g/mol. The second-order valence-electron chi connectivity index (χ2n) is 16.1. The van der Waals surface area contributed by atoms with Crippen molar-refractivity contribution in [1.82, 2.24) is 0 Å². The lowest BCUT2D eigenvalue weighted by molar-refractivity contribution is 0.487. The molecule has 12 rings (SSSR count). The van der Waals surface area contributed by atoms with Gasteiger partial charge in [-0.2, -0.15) is 0 Å². The highest BCUT2D eigenvalue weighted by molar-refractivity contribution is 6.18. The number of hydrogen-bond acceptors (Lipinski definition) is 3. The molecule has 3 nitrogen and oxygen atoms in total. The van der Waals surface area contributed by atoms with Gasteiger partial charge in [0.25, 0.3) is 0 Å². The van der Waals surface area contributed by atoms with Crippen molar-refractivity contribution in [3.05, 3.63) is 243 Å². The number of hydrogen-bond donors (Lipinski definition) is 0. The molecule has 0 atom stereocenters. The second-order valence-corrected chi connectivity index (χ2v) is 16.1. The van der Waals surface area contributed by atoms with E-state index in [0.29, 0.717) is 0 Å². The number of fused-ring (bicyclic) bond motifs is 5. The fourth-order valence-corrected chi connectivity index (χ4v) is 9.40. The Hall–Kier alpha value is -8.40. The average molecular weight is 805 g/mol. The van der Waals surface area contributed by atoms with Gasteiger partial charge in [-0.3, -0.25) is 0 Å². The van der Waals surface area contributed by atoms with Gasteiger partial charge in [0.05, 0.1) is 5.69 Å². The summed E-state index contributed by atoms with van der Waals surface area (Å²) >= 11 is 0. The zero-order valence-electron chi connectivity index (χ0n) is 34.4. The third-order valence-corrected chi connectivity index (χ3v) is 12.4. The zero-order valence-corrected chi connectivity index (χ0v) is 34.4. The van der Waals surface area contributed by atoms with Crippen LogP contribution in [-0.4, -0.2) is 0 Å². The number of para-hydroxylation sites is 1. The van der Waals surface area contributed by atoms with Gasteiger partial charge in [0, 0.05) is 50.8 Å². The van der Waals surface area contributed by atoms with Crippen LogP contribution in [0.1, 0.15) is 0 Å². The first-order valence-corrected chi connectivity index (χ1v) is 21.5. The van der Waals surface area contributed by atoms with Crippen molar-refractivity contribution in [3.8, 4) is 44.9 Å². The maximum absolute atomic E-state index is 6.92. The first kappa shape index (κ1) is 36.5. The van der Waals surface area contributed by atoms with Crippen molar-refractivity contribution < 1.29 is 4.74 Å². The van der Waals surface area contributed by atoms with E-state index in [9.17, 15) is 0 Å². The molecule has 11 aromatic rings. The predicted octanol–water partition coefficient (Wildman–Crippen LogP) is 17.2. The van der Waals surface area contributed by atoms with Gasteiger partial charge in [0.2, 0.25) is 0 Å². The van der Waals surface area contributed by atoms with E-state index in [1.165, 1.54) is 49.4 Å². The molecule has 0 bridgehead atoms. The van der Waals surface area contributed by atoms with Crippen LogP contribution in [-0.2, 0) is 0 Å². The maximum atomic E-state index is 6.92. The molecule has 0 N–H and O–H groups in total. The smallest absolute Gasteiger partial charge is 0.137 e. The lowest BCUT2D eigenvalue weighted by Crippen LogP contribution is -2.11. The molecule has 11 aromatic carbocycles. The number of benzene rings is 11. The summed E-state index contributed by atoms with van der Waals surface area (Å²) in [6.07, 6.45) is 0. The van der Waals surface area contributed by atoms with E-state index in [2.05, 4.69) is 252 Å². The molecule has 0 fully saturated rings. The molecule has 1 heterocycles. The Balaban J connectivity index is 0.975. The summed E-state index contributed by atoms with van der Waals surface area (Å²) in [5.41, 5.74) is 13.5. The highest BCUT2D eigenvalue weighted by atomic mass is 16.5. The summed E-state index contributed by atoms with van der Waals surface area (Å²) < 4.78 is 6.92. The van der Waals surface area contributed by atoms with Crippen LogP contribution in [0.25, 0.3) is 65.7 Å². The van der Waals surface area contributed by atoms with Gasteiger partial charge in [-0.15, -0.1) is 0 Å². The van der Waals surface area contributed by atoms with E-state index in [0.717, 1.165) is 62.0 Å². The van der Waals surface area contributed by atoms with Crippen LogP contribution in [0.4, 0.5) is 34.1 Å². The molecule has 63 heavy (non-hydrogen) atoms. The zero-order chi connectivity index (χ0) is 41.7. The minimum atomic E-state index is 0.841. The van der Waals surface area contributed by atoms with Gasteiger partial charge >= 0.3 is 0 Å². The number of ether oxygens (including phenoxy) is 1. The maximum Gasteiger partial charge on any atom is 0.137 e. The van der Waals surface area contributed by atoms with Gasteiger partial charge < -0.3 is 14.5 Å². The quantitative estimate of drug-likeness (QED) is 0.142. The Bertz CT molecular complexity index is 3370. The van der Waals surface area contributed by atoms with E-state index < -0.39 is 0 Å². The Morgan fingerprint density at radius 3 is 1.49 bits per heavy atom. The molecule has 0 amide bonds. The molecule has 0 saturated carbocycles. The molecule has 0 radical (unpaired) electrons. The van der Waals surface area contributed by atoms with Crippen molar-refractivity contribution in [3.63, 3.8) is 0 Å². The summed E-state index contributed by atoms with van der Waals surface area (Å²) in [7, 11) is 0. The first-order chi connectivity index (χ1) is 31.2. The lowest BCUT2D eigenvalue weighted by atomic mass is 9.90. The van der Waals surface area contributed by atoms with Crippen LogP contribution in [0.5, 0.6) is 11.5 Å². The molecule has 0 spiro atoms. The number of anilines is 6. The SMILES string of the molecule is c1ccc(-c2ccc(N(c3ccc(-c4ccccc4)cc3)c3ccc4cc5c6c(cccc6c4c3)Oc3cc(N(c4ccccc4)c4cccc6ccccc46)ccc3-5)cc2)cc1. The molecule has 0 unspecified atom stereocenters. The molecule has 3 heteroatoms. The average Bonchev–Trinajstić information content (AvgIpc) is 3.36. The molecule has 0 saturated heterocycles. The third-order valence-electron chi connectivity index (χ3n) is 12.4. The molecular formula is C60H40N2O. The van der Waals surface area contributed by atoms with E-state index in [4.69, 9.17) is 4.74 Å². The van der Waals surface area contributed by atoms with Crippen molar-refractivity contribution >= 4 is 66.4 Å². The minimum absolute atomic E-state index is 0.841. The van der Waals surface area contributed by atoms with Gasteiger partial charge in [-0.1, -0.05) is 158 Å². The summed E-state index contributed by atoms with van der Waals surface area (Å²) in [5.74, 6) is 1.70. The highest BCUT2D eigenvalue weighted by Gasteiger charge is 2.25. The standard InChI is InChI=1S/C60H40N2O/c1-4-14-41(15-5-1)43-26-31-48(32-27-43)61(49-33-28-44(29-34-49)42-16-6-2-7-17-42)50-35-30-46-38-56-53-37-36-51(40-59(53)63-58-25-13-23-54(60(56)58)55(46)39-50)62(47-20-8-3-9-21-47)57-24-12-19-45-18-10-11-22-52(45)57/h1-40H. The summed E-state index contributed by atoms with van der Waals surface area (Å²) in [5, 5.41) is 7.03. The van der Waals surface area contributed by atoms with Crippen molar-refractivity contribution in [2.75, 3.05) is 9.80 Å². The normalized spacial score (nSPS) is 11.6. The number of rotatable bonds is 8. The fraction of sp³-hybridized carbons (Fsp3) is 0. The van der Waals surface area contributed by atoms with Crippen LogP contribution >= 0.6 is 0 Å². The van der Waals surface area contributed by atoms with Crippen molar-refractivity contribution in [2.24, 2.45) is 0 Å². The second kappa shape index (κ2) is 15.3. The molecule has 0 aromatic heterocycles. The minimum Gasteiger partial charge on any atom is -0.456 e. The van der Waals surface area contributed by atoms with Gasteiger partial charge in [-0.05, 0) is 128 Å². The van der Waals surface area contributed by atoms with Crippen molar-refractivity contribution in [2.45, 2.75) is 0 Å². The van der Waals surface area contributed by atoms with Crippen LogP contribution in [0.15, 0.2) is 243 Å². The van der Waals surface area contributed by atoms with Crippen molar-refractivity contribution in [1.29, 1.82) is 0 Å². The molecule has 1 aliphatic heterocycles. The Labute approximate surface area is 367 Å². The van der Waals surface area contributed by atoms with Gasteiger partial charge in [-0.25, -0.2) is 0 Å². The van der Waals surface area contributed by atoms with Crippen LogP contribution in [0.2, 0.25) is 0 Å². The highest BCUT2D eigenvalue weighted by Crippen LogP contribution is 2.51. The number of nitrogens with zero attached hydrogens (tertiary/aromatic N) is 2. The van der Waals surface area contributed by atoms with E-state index in [-0.39, 0.29) is 0 Å². The topological polar surface area (TPSA) is 15.7 Å². The predicted molar refractivity (Wildman–Crippen MR) is 265 cm³/mol. The summed E-state index contributed by atoms with van der Waals surface area (Å²) in [4.78, 5) is 4.69. The molecule has 296 valence electrons. The van der Waals surface area contributed by atoms with Gasteiger partial charge in [0.15, 0.2) is 0 Å². The van der Waals surface area contributed by atoms with Crippen LogP contribution in [0.3, 0.4) is 0 Å². The molecule has 0 aliphatic carbocycles. The van der Waals surface area contributed by atoms with E-state index in [1.54, 1.807) is 0 Å². The largest absolute Gasteiger partial charge is 0.456 e. The first-order valence-electron chi connectivity index (χ1n) is 21.5. The van der Waals surface area contributed by atoms with Gasteiger partial charge in [0.1, 0.15) is 11.5 Å². The fourth-order valence-electron chi connectivity index (χ4n) is 9.40. The monoisotopic (exact) mass is 804 g/mol. The van der Waals surface area contributed by atoms with Crippen LogP contribution < -0.4 is 14.5 Å². The summed E-state index contributed by atoms with van der Waals surface area (Å²) in [6, 6.07) is 87.0. The lowest BCUT2D eigenvalue weighted by Gasteiger charge is -2.29. The van der Waals surface area contributed by atoms with E-state index >= 15 is 0 Å². The Morgan fingerprint density at radius 2 is 0.794 bits per heavy atom. The summed E-state index contributed by atoms with van der Waals surface area (Å²) in [6.45, 7) is 0. The van der Waals surface area contributed by atoms with Crippen LogP contribution in [0, 0.1) is 0 Å².